The molecule has 0 amide bonds. The van der Waals surface area contributed by atoms with Gasteiger partial charge >= 0.3 is 0 Å². The first kappa shape index (κ1) is 16.2. The number of hydrogen-bond donors (Lipinski definition) is 1. The summed E-state index contributed by atoms with van der Waals surface area (Å²) in [5.74, 6) is -0.833. The standard InChI is InChI=1S/C2H4O2.H4Si.Zn/c1-2(3)4;;/h1H3,(H,3,4);1H4;. The molecule has 34 valence electrons. The summed E-state index contributed by atoms with van der Waals surface area (Å²) in [6.45, 7) is 1.08. The zero-order chi connectivity index (χ0) is 3.58. The van der Waals surface area contributed by atoms with Crippen LogP contribution in [0.15, 0.2) is 0 Å². The van der Waals surface area contributed by atoms with Crippen molar-refractivity contribution in [1.82, 2.24) is 0 Å². The van der Waals surface area contributed by atoms with Crippen molar-refractivity contribution in [3.05, 3.63) is 0 Å². The molecule has 0 unspecified atom stereocenters. The van der Waals surface area contributed by atoms with Crippen LogP contribution in [0, 0.1) is 0 Å². The Balaban J connectivity index is -0.0000000450. The third-order valence-corrected chi connectivity index (χ3v) is 0. The molecule has 1 N–H and O–H groups in total. The average Bonchev–Trinajstić information content (AvgIpc) is 0.811. The number of rotatable bonds is 0. The maximum Gasteiger partial charge on any atom is 0.300 e. The van der Waals surface area contributed by atoms with Crippen molar-refractivity contribution in [3.8, 4) is 0 Å². The van der Waals surface area contributed by atoms with E-state index in [4.69, 9.17) is 9.90 Å². The Morgan fingerprint density at radius 2 is 1.67 bits per heavy atom. The summed E-state index contributed by atoms with van der Waals surface area (Å²) in [6.07, 6.45) is 0. The molecule has 0 aromatic heterocycles. The van der Waals surface area contributed by atoms with Gasteiger partial charge in [-0.25, -0.2) is 0 Å². The Kier molecular flexibility index (Phi) is 24.4. The van der Waals surface area contributed by atoms with Crippen molar-refractivity contribution in [2.75, 3.05) is 0 Å². The molecule has 0 fully saturated rings. The first-order valence-electron chi connectivity index (χ1n) is 0.928. The fourth-order valence-electron chi connectivity index (χ4n) is 0. The normalized spacial score (nSPS) is 4.17. The molecule has 0 aliphatic rings. The molecule has 2 nitrogen and oxygen atoms in total. The van der Waals surface area contributed by atoms with Crippen LogP contribution in [-0.2, 0) is 24.3 Å². The van der Waals surface area contributed by atoms with Crippen LogP contribution >= 0.6 is 0 Å². The zero-order valence-corrected chi connectivity index (χ0v) is 6.03. The average molecular weight is 158 g/mol. The number of carbonyl (C=O) groups is 1. The molecule has 0 radical (unpaired) electrons. The van der Waals surface area contributed by atoms with Crippen molar-refractivity contribution < 1.29 is 29.4 Å². The maximum absolute atomic E-state index is 9.00. The summed E-state index contributed by atoms with van der Waals surface area (Å²) in [4.78, 5) is 9.00. The van der Waals surface area contributed by atoms with Gasteiger partial charge in [0.05, 0.1) is 0 Å². The summed E-state index contributed by atoms with van der Waals surface area (Å²) < 4.78 is 0. The molecule has 0 saturated carbocycles. The Labute approximate surface area is 53.7 Å². The molecule has 0 aromatic rings. The van der Waals surface area contributed by atoms with E-state index in [2.05, 4.69) is 0 Å². The Hall–Kier alpha value is 0.310. The van der Waals surface area contributed by atoms with Gasteiger partial charge in [-0.2, -0.15) is 0 Å². The van der Waals surface area contributed by atoms with Crippen LogP contribution < -0.4 is 0 Å². The minimum Gasteiger partial charge on any atom is -0.481 e. The molecular formula is C2H8O2SiZn. The summed E-state index contributed by atoms with van der Waals surface area (Å²) in [6, 6.07) is 0. The van der Waals surface area contributed by atoms with Gasteiger partial charge < -0.3 is 5.11 Å². The quantitative estimate of drug-likeness (QED) is 0.441. The van der Waals surface area contributed by atoms with Crippen LogP contribution in [0.3, 0.4) is 0 Å². The molecule has 4 heteroatoms. The number of hydrogen-bond acceptors (Lipinski definition) is 1. The van der Waals surface area contributed by atoms with E-state index in [1.807, 2.05) is 0 Å². The second-order valence-corrected chi connectivity index (χ2v) is 0.519. The largest absolute Gasteiger partial charge is 0.481 e. The van der Waals surface area contributed by atoms with Crippen LogP contribution in [0.4, 0.5) is 0 Å². The Morgan fingerprint density at radius 1 is 1.67 bits per heavy atom. The van der Waals surface area contributed by atoms with Crippen LogP contribution in [0.2, 0.25) is 0 Å². The van der Waals surface area contributed by atoms with Gasteiger partial charge in [0.2, 0.25) is 0 Å². The van der Waals surface area contributed by atoms with Crippen LogP contribution in [0.25, 0.3) is 0 Å². The monoisotopic (exact) mass is 156 g/mol. The van der Waals surface area contributed by atoms with E-state index in [1.54, 1.807) is 0 Å². The maximum atomic E-state index is 9.00. The predicted octanol–water partition coefficient (Wildman–Crippen LogP) is -1.36. The molecule has 0 aliphatic heterocycles. The molecule has 6 heavy (non-hydrogen) atoms. The second-order valence-electron chi connectivity index (χ2n) is 0.519. The minimum absolute atomic E-state index is 0. The van der Waals surface area contributed by atoms with Crippen molar-refractivity contribution in [3.63, 3.8) is 0 Å². The molecule has 0 aromatic carbocycles. The van der Waals surface area contributed by atoms with E-state index in [-0.39, 0.29) is 30.4 Å². The van der Waals surface area contributed by atoms with Gasteiger partial charge in [-0.3, -0.25) is 4.79 Å². The Bertz CT molecular complexity index is 34.5. The summed E-state index contributed by atoms with van der Waals surface area (Å²) >= 11 is 0. The molecule has 0 heterocycles. The van der Waals surface area contributed by atoms with Crippen molar-refractivity contribution in [1.29, 1.82) is 0 Å². The van der Waals surface area contributed by atoms with Gasteiger partial charge in [-0.15, -0.1) is 0 Å². The Morgan fingerprint density at radius 3 is 1.67 bits per heavy atom. The number of carboxylic acid groups (broad SMARTS) is 1. The van der Waals surface area contributed by atoms with E-state index >= 15 is 0 Å². The topological polar surface area (TPSA) is 37.3 Å². The summed E-state index contributed by atoms with van der Waals surface area (Å²) in [5.41, 5.74) is 0. The molecule has 0 rings (SSSR count). The van der Waals surface area contributed by atoms with E-state index in [0.717, 1.165) is 6.92 Å². The fourth-order valence-corrected chi connectivity index (χ4v) is 0. The summed E-state index contributed by atoms with van der Waals surface area (Å²) in [5, 5.41) is 7.42. The van der Waals surface area contributed by atoms with Crippen LogP contribution in [-0.4, -0.2) is 22.0 Å². The number of aliphatic carboxylic acids is 1. The van der Waals surface area contributed by atoms with Gasteiger partial charge in [0.1, 0.15) is 0 Å². The van der Waals surface area contributed by atoms with Gasteiger partial charge in [0, 0.05) is 26.4 Å². The zero-order valence-electron chi connectivity index (χ0n) is 3.06. The smallest absolute Gasteiger partial charge is 0.300 e. The van der Waals surface area contributed by atoms with Crippen LogP contribution in [0.5, 0.6) is 0 Å². The van der Waals surface area contributed by atoms with E-state index < -0.39 is 5.97 Å². The predicted molar refractivity (Wildman–Crippen MR) is 24.6 cm³/mol. The molecule has 0 spiro atoms. The number of carboxylic acids is 1. The molecule has 0 saturated heterocycles. The van der Waals surface area contributed by atoms with Crippen molar-refractivity contribution in [2.45, 2.75) is 6.92 Å². The summed E-state index contributed by atoms with van der Waals surface area (Å²) in [7, 11) is 0. The van der Waals surface area contributed by atoms with Gasteiger partial charge in [-0.1, -0.05) is 0 Å². The van der Waals surface area contributed by atoms with Crippen LogP contribution in [0.1, 0.15) is 6.92 Å². The third kappa shape index (κ3) is 491. The third-order valence-electron chi connectivity index (χ3n) is 0. The first-order valence-corrected chi connectivity index (χ1v) is 0.928. The van der Waals surface area contributed by atoms with Crippen molar-refractivity contribution in [2.24, 2.45) is 0 Å². The first-order chi connectivity index (χ1) is 1.73. The molecular weight excluding hydrogens is 149 g/mol. The van der Waals surface area contributed by atoms with Crippen molar-refractivity contribution >= 4 is 16.9 Å². The molecule has 0 aliphatic carbocycles. The van der Waals surface area contributed by atoms with Gasteiger partial charge in [0.25, 0.3) is 5.97 Å². The van der Waals surface area contributed by atoms with E-state index in [1.165, 1.54) is 0 Å². The second kappa shape index (κ2) is 9.00. The van der Waals surface area contributed by atoms with E-state index in [0.29, 0.717) is 0 Å². The fraction of sp³-hybridized carbons (Fsp3) is 0.500. The van der Waals surface area contributed by atoms with Gasteiger partial charge in [-0.05, 0) is 11.0 Å². The SMILES string of the molecule is CC(=O)O.[SiH4].[Zn]. The van der Waals surface area contributed by atoms with Gasteiger partial charge in [0.15, 0.2) is 0 Å². The molecule has 0 bridgehead atoms. The van der Waals surface area contributed by atoms with E-state index in [9.17, 15) is 0 Å². The molecule has 0 atom stereocenters. The minimum atomic E-state index is -0.833.